The highest BCUT2D eigenvalue weighted by Crippen LogP contribution is 2.57. The van der Waals surface area contributed by atoms with Crippen LogP contribution in [0.1, 0.15) is 52.4 Å². The number of rotatable bonds is 5. The topological polar surface area (TPSA) is 63.2 Å². The summed E-state index contributed by atoms with van der Waals surface area (Å²) < 4.78 is 11.1. The Balaban J connectivity index is 0.00000243. The second-order valence-electron chi connectivity index (χ2n) is 7.52. The summed E-state index contributed by atoms with van der Waals surface area (Å²) in [6.07, 6.45) is 7.01. The van der Waals surface area contributed by atoms with Gasteiger partial charge in [-0.1, -0.05) is 6.42 Å². The van der Waals surface area contributed by atoms with Crippen LogP contribution in [0, 0.1) is 11.3 Å². The lowest BCUT2D eigenvalue weighted by Gasteiger charge is -2.61. The van der Waals surface area contributed by atoms with Gasteiger partial charge < -0.3 is 19.7 Å². The van der Waals surface area contributed by atoms with Crippen molar-refractivity contribution in [1.82, 2.24) is 10.2 Å². The molecule has 2 aliphatic carbocycles. The van der Waals surface area contributed by atoms with Gasteiger partial charge in [0.05, 0.1) is 18.6 Å². The minimum atomic E-state index is -0.0444. The summed E-state index contributed by atoms with van der Waals surface area (Å²) in [6.45, 7) is 6.93. The van der Waals surface area contributed by atoms with Crippen LogP contribution in [0.5, 0.6) is 0 Å². The van der Waals surface area contributed by atoms with Crippen LogP contribution in [0.2, 0.25) is 0 Å². The molecular formula is C19H34IN3O3. The molecule has 1 N–H and O–H groups in total. The van der Waals surface area contributed by atoms with Crippen molar-refractivity contribution in [2.75, 3.05) is 33.4 Å². The van der Waals surface area contributed by atoms with Gasteiger partial charge in [-0.05, 0) is 46.0 Å². The number of halogens is 1. The zero-order valence-electron chi connectivity index (χ0n) is 16.3. The lowest BCUT2D eigenvalue weighted by Crippen LogP contribution is -2.69. The fourth-order valence-electron chi connectivity index (χ4n) is 4.68. The van der Waals surface area contributed by atoms with Crippen LogP contribution in [0.3, 0.4) is 0 Å². The van der Waals surface area contributed by atoms with E-state index in [0.717, 1.165) is 44.9 Å². The van der Waals surface area contributed by atoms with Crippen LogP contribution in [-0.4, -0.2) is 62.3 Å². The molecule has 0 aromatic carbocycles. The van der Waals surface area contributed by atoms with E-state index in [9.17, 15) is 4.79 Å². The summed E-state index contributed by atoms with van der Waals surface area (Å²) >= 11 is 0. The normalized spacial score (nSPS) is 28.0. The van der Waals surface area contributed by atoms with Gasteiger partial charge in [0, 0.05) is 38.2 Å². The number of carbonyl (C=O) groups excluding carboxylic acids is 1. The SMILES string of the molecule is CCOC(=O)C1CCN(C(=NC)NC2CC(OCC)C23CCC3)CC1.I. The summed E-state index contributed by atoms with van der Waals surface area (Å²) in [7, 11) is 1.85. The molecule has 1 saturated heterocycles. The van der Waals surface area contributed by atoms with Gasteiger partial charge in [-0.15, -0.1) is 24.0 Å². The molecule has 150 valence electrons. The zero-order valence-corrected chi connectivity index (χ0v) is 18.7. The number of piperidine rings is 1. The van der Waals surface area contributed by atoms with Crippen molar-refractivity contribution in [2.45, 2.75) is 64.5 Å². The van der Waals surface area contributed by atoms with Crippen molar-refractivity contribution in [2.24, 2.45) is 16.3 Å². The minimum absolute atomic E-state index is 0. The van der Waals surface area contributed by atoms with Crippen LogP contribution in [0.25, 0.3) is 0 Å². The Labute approximate surface area is 174 Å². The first-order chi connectivity index (χ1) is 12.1. The Morgan fingerprint density at radius 1 is 1.23 bits per heavy atom. The highest BCUT2D eigenvalue weighted by molar-refractivity contribution is 14.0. The standard InChI is InChI=1S/C19H33N3O3.HI/c1-4-24-16-13-15(19(16)9-6-10-19)21-18(20-3)22-11-7-14(8-12-22)17(23)25-5-2;/h14-16H,4-13H2,1-3H3,(H,20,21);1H. The number of guanidine groups is 1. The van der Waals surface area contributed by atoms with Crippen LogP contribution >= 0.6 is 24.0 Å². The summed E-state index contributed by atoms with van der Waals surface area (Å²) in [6, 6.07) is 0.472. The molecule has 6 nitrogen and oxygen atoms in total. The quantitative estimate of drug-likeness (QED) is 0.285. The number of carbonyl (C=O) groups is 1. The van der Waals surface area contributed by atoms with Gasteiger partial charge in [0.15, 0.2) is 5.96 Å². The first-order valence-corrected chi connectivity index (χ1v) is 9.91. The predicted octanol–water partition coefficient (Wildman–Crippen LogP) is 2.80. The van der Waals surface area contributed by atoms with E-state index in [0.29, 0.717) is 24.2 Å². The van der Waals surface area contributed by atoms with E-state index in [1.165, 1.54) is 19.3 Å². The van der Waals surface area contributed by atoms with E-state index in [1.54, 1.807) is 0 Å². The van der Waals surface area contributed by atoms with E-state index in [2.05, 4.69) is 22.1 Å². The van der Waals surface area contributed by atoms with Gasteiger partial charge in [0.25, 0.3) is 0 Å². The number of hydrogen-bond acceptors (Lipinski definition) is 4. The molecule has 3 fully saturated rings. The molecule has 1 heterocycles. The van der Waals surface area contributed by atoms with Crippen LogP contribution < -0.4 is 5.32 Å². The molecule has 1 spiro atoms. The second-order valence-corrected chi connectivity index (χ2v) is 7.52. The molecule has 0 aromatic heterocycles. The Bertz CT molecular complexity index is 502. The van der Waals surface area contributed by atoms with E-state index in [-0.39, 0.29) is 35.9 Å². The highest BCUT2D eigenvalue weighted by Gasteiger charge is 2.59. The van der Waals surface area contributed by atoms with Crippen molar-refractivity contribution in [3.05, 3.63) is 0 Å². The Kier molecular flexibility index (Phi) is 8.00. The number of nitrogens with zero attached hydrogens (tertiary/aromatic N) is 2. The maximum Gasteiger partial charge on any atom is 0.309 e. The summed E-state index contributed by atoms with van der Waals surface area (Å²) in [4.78, 5) is 18.7. The molecule has 0 radical (unpaired) electrons. The van der Waals surface area contributed by atoms with Crippen molar-refractivity contribution in [1.29, 1.82) is 0 Å². The summed E-state index contributed by atoms with van der Waals surface area (Å²) in [5.41, 5.74) is 0.329. The maximum absolute atomic E-state index is 11.9. The van der Waals surface area contributed by atoms with Gasteiger partial charge in [-0.3, -0.25) is 9.79 Å². The lowest BCUT2D eigenvalue weighted by molar-refractivity contribution is -0.169. The molecule has 7 heteroatoms. The molecule has 2 unspecified atom stereocenters. The minimum Gasteiger partial charge on any atom is -0.466 e. The number of likely N-dealkylation sites (tertiary alicyclic amines) is 1. The first-order valence-electron chi connectivity index (χ1n) is 9.91. The van der Waals surface area contributed by atoms with Gasteiger partial charge >= 0.3 is 5.97 Å². The Morgan fingerprint density at radius 2 is 1.92 bits per heavy atom. The van der Waals surface area contributed by atoms with Crippen LogP contribution in [0.4, 0.5) is 0 Å². The third-order valence-corrected chi connectivity index (χ3v) is 6.37. The zero-order chi connectivity index (χ0) is 17.9. The van der Waals surface area contributed by atoms with Crippen LogP contribution in [0.15, 0.2) is 4.99 Å². The van der Waals surface area contributed by atoms with Crippen LogP contribution in [-0.2, 0) is 14.3 Å². The van der Waals surface area contributed by atoms with E-state index >= 15 is 0 Å². The molecule has 3 aliphatic rings. The van der Waals surface area contributed by atoms with Gasteiger partial charge in [0.1, 0.15) is 0 Å². The van der Waals surface area contributed by atoms with Gasteiger partial charge in [0.2, 0.25) is 0 Å². The number of aliphatic imine (C=N–C) groups is 1. The molecule has 26 heavy (non-hydrogen) atoms. The third kappa shape index (κ3) is 4.13. The maximum atomic E-state index is 11.9. The van der Waals surface area contributed by atoms with Gasteiger partial charge in [-0.25, -0.2) is 0 Å². The Morgan fingerprint density at radius 3 is 2.42 bits per heavy atom. The third-order valence-electron chi connectivity index (χ3n) is 6.37. The lowest BCUT2D eigenvalue weighted by atomic mass is 9.51. The largest absolute Gasteiger partial charge is 0.466 e. The highest BCUT2D eigenvalue weighted by atomic mass is 127. The molecule has 2 atom stereocenters. The molecule has 1 aliphatic heterocycles. The average Bonchev–Trinajstić information content (AvgIpc) is 2.56. The summed E-state index contributed by atoms with van der Waals surface area (Å²) in [5, 5.41) is 3.70. The van der Waals surface area contributed by atoms with Crippen molar-refractivity contribution in [3.8, 4) is 0 Å². The summed E-state index contributed by atoms with van der Waals surface area (Å²) in [5.74, 6) is 0.976. The second kappa shape index (κ2) is 9.57. The van der Waals surface area contributed by atoms with E-state index in [4.69, 9.17) is 9.47 Å². The predicted molar refractivity (Wildman–Crippen MR) is 113 cm³/mol. The number of esters is 1. The molecule has 2 saturated carbocycles. The molecule has 0 amide bonds. The van der Waals surface area contributed by atoms with E-state index in [1.807, 2.05) is 14.0 Å². The smallest absolute Gasteiger partial charge is 0.309 e. The number of ether oxygens (including phenoxy) is 2. The van der Waals surface area contributed by atoms with Crippen molar-refractivity contribution < 1.29 is 14.3 Å². The number of nitrogens with one attached hydrogen (secondary N) is 1. The van der Waals surface area contributed by atoms with E-state index < -0.39 is 0 Å². The first kappa shape index (κ1) is 21.7. The molecule has 3 rings (SSSR count). The Hall–Kier alpha value is -0.570. The number of hydrogen-bond donors (Lipinski definition) is 1. The fraction of sp³-hybridized carbons (Fsp3) is 0.895. The van der Waals surface area contributed by atoms with Crippen molar-refractivity contribution in [3.63, 3.8) is 0 Å². The molecule has 0 aromatic rings. The fourth-order valence-corrected chi connectivity index (χ4v) is 4.68. The van der Waals surface area contributed by atoms with Crippen molar-refractivity contribution >= 4 is 35.9 Å². The monoisotopic (exact) mass is 479 g/mol. The van der Waals surface area contributed by atoms with Gasteiger partial charge in [-0.2, -0.15) is 0 Å². The molecular weight excluding hydrogens is 445 g/mol. The average molecular weight is 479 g/mol. The molecule has 0 bridgehead atoms.